The number of nitrogens with zero attached hydrogens (tertiary/aromatic N) is 4. The normalized spacial score (nSPS) is 11.5. The molecule has 0 fully saturated rings. The first-order valence-electron chi connectivity index (χ1n) is 25.0. The second-order valence-corrected chi connectivity index (χ2v) is 19.0. The molecule has 0 aliphatic heterocycles. The van der Waals surface area contributed by atoms with Crippen molar-refractivity contribution in [3.8, 4) is 118 Å². The van der Waals surface area contributed by atoms with E-state index in [0.29, 0.717) is 23.0 Å². The Hall–Kier alpha value is -10.1. The summed E-state index contributed by atoms with van der Waals surface area (Å²) in [6.07, 6.45) is 0. The molecule has 0 atom stereocenters. The van der Waals surface area contributed by atoms with Gasteiger partial charge in [0.2, 0.25) is 0 Å². The predicted molar refractivity (Wildman–Crippen MR) is 305 cm³/mol. The summed E-state index contributed by atoms with van der Waals surface area (Å²) in [6.45, 7) is 0. The van der Waals surface area contributed by atoms with Crippen molar-refractivity contribution >= 4 is 32.3 Å². The lowest BCUT2D eigenvalue weighted by Gasteiger charge is -2.16. The Morgan fingerprint density at radius 2 is 0.757 bits per heavy atom. The Labute approximate surface area is 428 Å². The summed E-state index contributed by atoms with van der Waals surface area (Å²) in [5.41, 5.74) is 18.8. The van der Waals surface area contributed by atoms with Crippen LogP contribution in [0.5, 0.6) is 0 Å². The van der Waals surface area contributed by atoms with Crippen molar-refractivity contribution in [3.63, 3.8) is 0 Å². The molecular weight excluding hydrogens is 897 g/mol. The third-order valence-electron chi connectivity index (χ3n) is 14.7. The van der Waals surface area contributed by atoms with Crippen LogP contribution >= 0.6 is 0 Å². The van der Waals surface area contributed by atoms with Gasteiger partial charge in [-0.3, -0.25) is 0 Å². The number of rotatable bonds is 8. The van der Waals surface area contributed by atoms with Gasteiger partial charge in [0.25, 0.3) is 0 Å². The molecule has 1 aromatic heterocycles. The van der Waals surface area contributed by atoms with Crippen molar-refractivity contribution < 1.29 is 0 Å². The molecule has 4 nitrogen and oxygen atoms in total. The standard InChI is InChI=1S/C70H42N4/c71-43-54-24-14-30-57(66(54)53-23-11-22-51(40-53)64-42-52-17-4-5-25-55(52)58-27-7-8-28-59(58)64)50-21-10-20-49(39-50)56-26-6-9-29-63(56)70-73-68(46-15-2-1-3-16-46)72-69(74-70)47-35-33-44(34-36-47)48-37-38-60-61-31-12-18-45-19-13-32-62(67(45)61)65(60)41-48/h1-42H. The molecule has 12 aromatic carbocycles. The van der Waals surface area contributed by atoms with E-state index in [1.54, 1.807) is 0 Å². The number of hydrogen-bond donors (Lipinski definition) is 0. The van der Waals surface area contributed by atoms with Crippen LogP contribution in [-0.2, 0) is 0 Å². The van der Waals surface area contributed by atoms with Gasteiger partial charge in [-0.15, -0.1) is 0 Å². The molecule has 13 aromatic rings. The minimum atomic E-state index is 0.580. The van der Waals surface area contributed by atoms with Crippen LogP contribution in [0.2, 0.25) is 0 Å². The Morgan fingerprint density at radius 1 is 0.257 bits per heavy atom. The zero-order valence-electron chi connectivity index (χ0n) is 40.0. The largest absolute Gasteiger partial charge is 0.208 e. The molecule has 0 spiro atoms. The van der Waals surface area contributed by atoms with E-state index >= 15 is 0 Å². The maximum absolute atomic E-state index is 10.7. The topological polar surface area (TPSA) is 62.5 Å². The van der Waals surface area contributed by atoms with Gasteiger partial charge in [0.1, 0.15) is 0 Å². The van der Waals surface area contributed by atoms with E-state index in [0.717, 1.165) is 72.3 Å². The molecule has 14 rings (SSSR count). The Bertz CT molecular complexity index is 4430. The van der Waals surface area contributed by atoms with Crippen LogP contribution in [0.1, 0.15) is 5.56 Å². The minimum Gasteiger partial charge on any atom is -0.208 e. The van der Waals surface area contributed by atoms with E-state index in [2.05, 4.69) is 212 Å². The SMILES string of the molecule is N#Cc1cccc(-c2cccc(-c3ccccc3-c3nc(-c4ccccc4)nc(-c4ccc(-c5ccc6c(c5)-c5cccc7cccc-6c57)cc4)n3)c2)c1-c1cccc(-c2cc3ccccc3c3ccccc23)c1. The summed E-state index contributed by atoms with van der Waals surface area (Å²) in [5.74, 6) is 1.77. The van der Waals surface area contributed by atoms with Gasteiger partial charge in [-0.1, -0.05) is 224 Å². The lowest BCUT2D eigenvalue weighted by Crippen LogP contribution is -2.01. The molecule has 0 saturated carbocycles. The molecule has 1 aliphatic rings. The molecule has 342 valence electrons. The van der Waals surface area contributed by atoms with Crippen molar-refractivity contribution in [2.75, 3.05) is 0 Å². The lowest BCUT2D eigenvalue weighted by atomic mass is 9.87. The number of benzene rings is 12. The van der Waals surface area contributed by atoms with Gasteiger partial charge in [-0.05, 0) is 135 Å². The first kappa shape index (κ1) is 42.8. The number of hydrogen-bond acceptors (Lipinski definition) is 4. The maximum Gasteiger partial charge on any atom is 0.164 e. The predicted octanol–water partition coefficient (Wildman–Crippen LogP) is 18.2. The minimum absolute atomic E-state index is 0.580. The Morgan fingerprint density at radius 3 is 1.53 bits per heavy atom. The zero-order chi connectivity index (χ0) is 49.1. The molecule has 0 N–H and O–H groups in total. The fraction of sp³-hybridized carbons (Fsp3) is 0. The molecule has 74 heavy (non-hydrogen) atoms. The summed E-state index contributed by atoms with van der Waals surface area (Å²) < 4.78 is 0. The highest BCUT2D eigenvalue weighted by molar-refractivity contribution is 6.16. The first-order valence-corrected chi connectivity index (χ1v) is 25.0. The van der Waals surface area contributed by atoms with Crippen LogP contribution in [0.4, 0.5) is 0 Å². The molecule has 1 heterocycles. The van der Waals surface area contributed by atoms with Crippen LogP contribution in [0, 0.1) is 11.3 Å². The van der Waals surface area contributed by atoms with Crippen LogP contribution in [0.25, 0.3) is 144 Å². The third-order valence-corrected chi connectivity index (χ3v) is 14.7. The molecule has 0 bridgehead atoms. The van der Waals surface area contributed by atoms with Crippen molar-refractivity contribution in [3.05, 3.63) is 260 Å². The molecule has 1 aliphatic carbocycles. The number of fused-ring (bicyclic) bond motifs is 6. The molecule has 0 radical (unpaired) electrons. The molecular formula is C70H42N4. The molecule has 4 heteroatoms. The van der Waals surface area contributed by atoms with E-state index in [4.69, 9.17) is 15.0 Å². The lowest BCUT2D eigenvalue weighted by molar-refractivity contribution is 1.07. The average Bonchev–Trinajstić information content (AvgIpc) is 3.83. The molecule has 0 unspecified atom stereocenters. The zero-order valence-corrected chi connectivity index (χ0v) is 40.0. The van der Waals surface area contributed by atoms with Crippen molar-refractivity contribution in [2.24, 2.45) is 0 Å². The number of nitriles is 1. The van der Waals surface area contributed by atoms with Crippen molar-refractivity contribution in [2.45, 2.75) is 0 Å². The third kappa shape index (κ3) is 7.26. The highest BCUT2D eigenvalue weighted by atomic mass is 15.0. The summed E-state index contributed by atoms with van der Waals surface area (Å²) >= 11 is 0. The second-order valence-electron chi connectivity index (χ2n) is 19.0. The molecule has 0 saturated heterocycles. The smallest absolute Gasteiger partial charge is 0.164 e. The quantitative estimate of drug-likeness (QED) is 0.142. The first-order chi connectivity index (χ1) is 36.6. The monoisotopic (exact) mass is 938 g/mol. The van der Waals surface area contributed by atoms with Crippen LogP contribution < -0.4 is 0 Å². The highest BCUT2D eigenvalue weighted by Gasteiger charge is 2.23. The highest BCUT2D eigenvalue weighted by Crippen LogP contribution is 2.48. The molecule has 0 amide bonds. The fourth-order valence-corrected chi connectivity index (χ4v) is 11.2. The van der Waals surface area contributed by atoms with Crippen LogP contribution in [-0.4, -0.2) is 15.0 Å². The van der Waals surface area contributed by atoms with Crippen LogP contribution in [0.15, 0.2) is 255 Å². The van der Waals surface area contributed by atoms with Gasteiger partial charge in [0, 0.05) is 22.3 Å². The van der Waals surface area contributed by atoms with E-state index in [1.807, 2.05) is 48.5 Å². The van der Waals surface area contributed by atoms with E-state index < -0.39 is 0 Å². The fourth-order valence-electron chi connectivity index (χ4n) is 11.2. The Kier molecular flexibility index (Phi) is 10.2. The van der Waals surface area contributed by atoms with Gasteiger partial charge < -0.3 is 0 Å². The summed E-state index contributed by atoms with van der Waals surface area (Å²) in [4.78, 5) is 15.5. The second kappa shape index (κ2) is 17.6. The van der Waals surface area contributed by atoms with E-state index in [-0.39, 0.29) is 0 Å². The van der Waals surface area contributed by atoms with Gasteiger partial charge in [-0.2, -0.15) is 5.26 Å². The maximum atomic E-state index is 10.7. The number of aromatic nitrogens is 3. The average molecular weight is 939 g/mol. The van der Waals surface area contributed by atoms with Gasteiger partial charge in [0.15, 0.2) is 17.5 Å². The van der Waals surface area contributed by atoms with E-state index in [9.17, 15) is 5.26 Å². The summed E-state index contributed by atoms with van der Waals surface area (Å²) in [6, 6.07) is 92.3. The van der Waals surface area contributed by atoms with E-state index in [1.165, 1.54) is 54.6 Å². The van der Waals surface area contributed by atoms with Crippen molar-refractivity contribution in [1.82, 2.24) is 15.0 Å². The van der Waals surface area contributed by atoms with Gasteiger partial charge >= 0.3 is 0 Å². The summed E-state index contributed by atoms with van der Waals surface area (Å²) in [5, 5.41) is 18.1. The van der Waals surface area contributed by atoms with Crippen molar-refractivity contribution in [1.29, 1.82) is 5.26 Å². The Balaban J connectivity index is 0.840. The van der Waals surface area contributed by atoms with Gasteiger partial charge in [0.05, 0.1) is 11.6 Å². The van der Waals surface area contributed by atoms with Crippen LogP contribution in [0.3, 0.4) is 0 Å². The van der Waals surface area contributed by atoms with Gasteiger partial charge in [-0.25, -0.2) is 15.0 Å². The summed E-state index contributed by atoms with van der Waals surface area (Å²) in [7, 11) is 0.